The van der Waals surface area contributed by atoms with E-state index < -0.39 is 0 Å². The molecule has 2 N–H and O–H groups in total. The molecule has 0 spiro atoms. The molecule has 0 atom stereocenters. The van der Waals surface area contributed by atoms with Gasteiger partial charge in [-0.2, -0.15) is 0 Å². The summed E-state index contributed by atoms with van der Waals surface area (Å²) in [4.78, 5) is 6.32. The maximum atomic E-state index is 5.75. The molecule has 1 aromatic heterocycles. The molecule has 1 aromatic rings. The zero-order chi connectivity index (χ0) is 11.4. The number of hydrogen-bond donors (Lipinski definition) is 1. The van der Waals surface area contributed by atoms with Crippen molar-refractivity contribution in [2.45, 2.75) is 6.92 Å². The quantitative estimate of drug-likeness (QED) is 0.909. The van der Waals surface area contributed by atoms with Crippen molar-refractivity contribution in [1.29, 1.82) is 0 Å². The number of rotatable bonds is 4. The Morgan fingerprint density at radius 2 is 2.27 bits per heavy atom. The summed E-state index contributed by atoms with van der Waals surface area (Å²) in [6, 6.07) is 0. The minimum absolute atomic E-state index is 0.675. The largest absolute Gasteiger partial charge is 0.397 e. The Hall–Kier alpha value is -0.810. The lowest BCUT2D eigenvalue weighted by Crippen LogP contribution is -2.23. The Morgan fingerprint density at radius 1 is 1.60 bits per heavy atom. The minimum atomic E-state index is 0.675. The Labute approximate surface area is 98.6 Å². The van der Waals surface area contributed by atoms with Crippen LogP contribution in [0.3, 0.4) is 0 Å². The summed E-state index contributed by atoms with van der Waals surface area (Å²) in [6.45, 7) is 3.44. The van der Waals surface area contributed by atoms with E-state index in [1.807, 2.05) is 18.9 Å². The van der Waals surface area contributed by atoms with Gasteiger partial charge in [-0.3, -0.25) is 0 Å². The highest BCUT2D eigenvalue weighted by Gasteiger charge is 2.10. The fraction of sp³-hybridized carbons (Fsp3) is 0.500. The normalized spacial score (nSPS) is 10.4. The minimum Gasteiger partial charge on any atom is -0.397 e. The van der Waals surface area contributed by atoms with Crippen LogP contribution in [0.15, 0.2) is 10.7 Å². The van der Waals surface area contributed by atoms with Gasteiger partial charge in [0, 0.05) is 20.7 Å². The molecule has 5 heteroatoms. The summed E-state index contributed by atoms with van der Waals surface area (Å²) in [5, 5.41) is 0. The molecule has 84 valence electrons. The number of hydrogen-bond acceptors (Lipinski definition) is 4. The van der Waals surface area contributed by atoms with E-state index in [1.165, 1.54) is 0 Å². The van der Waals surface area contributed by atoms with E-state index >= 15 is 0 Å². The molecule has 0 aliphatic heterocycles. The third-order valence-corrected chi connectivity index (χ3v) is 3.23. The fourth-order valence-corrected chi connectivity index (χ4v) is 1.81. The van der Waals surface area contributed by atoms with E-state index in [9.17, 15) is 0 Å². The summed E-state index contributed by atoms with van der Waals surface area (Å²) >= 11 is 3.50. The summed E-state index contributed by atoms with van der Waals surface area (Å²) in [6.07, 6.45) is 1.68. The van der Waals surface area contributed by atoms with Crippen molar-refractivity contribution in [3.8, 4) is 0 Å². The van der Waals surface area contributed by atoms with E-state index in [1.54, 1.807) is 13.3 Å². The Morgan fingerprint density at radius 3 is 2.87 bits per heavy atom. The molecule has 1 rings (SSSR count). The van der Waals surface area contributed by atoms with Crippen molar-refractivity contribution in [3.63, 3.8) is 0 Å². The van der Waals surface area contributed by atoms with Gasteiger partial charge in [0.15, 0.2) is 0 Å². The van der Waals surface area contributed by atoms with E-state index in [-0.39, 0.29) is 0 Å². The molecular formula is C10H16BrN3O. The lowest BCUT2D eigenvalue weighted by molar-refractivity contribution is 0.206. The predicted octanol–water partition coefficient (Wildman–Crippen LogP) is 1.82. The third kappa shape index (κ3) is 2.82. The van der Waals surface area contributed by atoms with Gasteiger partial charge in [0.25, 0.3) is 0 Å². The van der Waals surface area contributed by atoms with Crippen molar-refractivity contribution in [1.82, 2.24) is 4.98 Å². The SMILES string of the molecule is COCCN(C)c1ncc(N)c(C)c1Br. The first-order valence-electron chi connectivity index (χ1n) is 4.68. The first kappa shape index (κ1) is 12.3. The highest BCUT2D eigenvalue weighted by Crippen LogP contribution is 2.29. The molecule has 0 aliphatic carbocycles. The van der Waals surface area contributed by atoms with Crippen LogP contribution in [0.1, 0.15) is 5.56 Å². The first-order chi connectivity index (χ1) is 7.07. The number of anilines is 2. The van der Waals surface area contributed by atoms with Crippen LogP contribution in [0, 0.1) is 6.92 Å². The van der Waals surface area contributed by atoms with Gasteiger partial charge < -0.3 is 15.4 Å². The van der Waals surface area contributed by atoms with Crippen molar-refractivity contribution in [3.05, 3.63) is 16.2 Å². The van der Waals surface area contributed by atoms with Crippen molar-refractivity contribution < 1.29 is 4.74 Å². The molecule has 0 unspecified atom stereocenters. The number of nitrogen functional groups attached to an aromatic ring is 1. The van der Waals surface area contributed by atoms with Gasteiger partial charge in [0.2, 0.25) is 0 Å². The molecule has 0 saturated carbocycles. The molecule has 15 heavy (non-hydrogen) atoms. The maximum absolute atomic E-state index is 5.75. The number of ether oxygens (including phenoxy) is 1. The molecular weight excluding hydrogens is 258 g/mol. The Bertz CT molecular complexity index is 344. The Balaban J connectivity index is 2.90. The number of aromatic nitrogens is 1. The van der Waals surface area contributed by atoms with E-state index in [4.69, 9.17) is 10.5 Å². The van der Waals surface area contributed by atoms with Crippen LogP contribution in [0.5, 0.6) is 0 Å². The van der Waals surface area contributed by atoms with E-state index in [0.717, 1.165) is 22.4 Å². The Kier molecular flexibility index (Phi) is 4.35. The molecule has 1 heterocycles. The van der Waals surface area contributed by atoms with Gasteiger partial charge in [-0.05, 0) is 28.4 Å². The molecule has 4 nitrogen and oxygen atoms in total. The monoisotopic (exact) mass is 273 g/mol. The predicted molar refractivity (Wildman–Crippen MR) is 66.2 cm³/mol. The van der Waals surface area contributed by atoms with Gasteiger partial charge in [-0.15, -0.1) is 0 Å². The van der Waals surface area contributed by atoms with Crippen LogP contribution in [-0.4, -0.2) is 32.3 Å². The average molecular weight is 274 g/mol. The summed E-state index contributed by atoms with van der Waals surface area (Å²) < 4.78 is 5.96. The van der Waals surface area contributed by atoms with Gasteiger partial charge in [-0.25, -0.2) is 4.98 Å². The summed E-state index contributed by atoms with van der Waals surface area (Å²) in [5.41, 5.74) is 7.47. The zero-order valence-electron chi connectivity index (χ0n) is 9.25. The van der Waals surface area contributed by atoms with Crippen LogP contribution in [0.2, 0.25) is 0 Å². The number of halogens is 1. The van der Waals surface area contributed by atoms with E-state index in [0.29, 0.717) is 12.3 Å². The number of pyridine rings is 1. The zero-order valence-corrected chi connectivity index (χ0v) is 10.8. The second-order valence-corrected chi connectivity index (χ2v) is 4.18. The van der Waals surface area contributed by atoms with Crippen molar-refractivity contribution in [2.75, 3.05) is 37.9 Å². The van der Waals surface area contributed by atoms with Crippen LogP contribution in [0.4, 0.5) is 11.5 Å². The maximum Gasteiger partial charge on any atom is 0.143 e. The van der Waals surface area contributed by atoms with Crippen LogP contribution >= 0.6 is 15.9 Å². The van der Waals surface area contributed by atoms with Gasteiger partial charge in [0.1, 0.15) is 5.82 Å². The molecule has 0 aliphatic rings. The van der Waals surface area contributed by atoms with E-state index in [2.05, 4.69) is 20.9 Å². The van der Waals surface area contributed by atoms with Gasteiger partial charge in [-0.1, -0.05) is 0 Å². The van der Waals surface area contributed by atoms with Crippen LogP contribution in [-0.2, 0) is 4.74 Å². The number of likely N-dealkylation sites (N-methyl/N-ethyl adjacent to an activating group) is 1. The number of nitrogens with two attached hydrogens (primary N) is 1. The molecule has 0 amide bonds. The van der Waals surface area contributed by atoms with Gasteiger partial charge in [0.05, 0.1) is 23.0 Å². The summed E-state index contributed by atoms with van der Waals surface area (Å²) in [5.74, 6) is 0.888. The topological polar surface area (TPSA) is 51.4 Å². The number of methoxy groups -OCH3 is 1. The average Bonchev–Trinajstić information content (AvgIpc) is 2.23. The first-order valence-corrected chi connectivity index (χ1v) is 5.48. The lowest BCUT2D eigenvalue weighted by Gasteiger charge is -2.20. The number of nitrogens with zero attached hydrogens (tertiary/aromatic N) is 2. The molecule has 0 radical (unpaired) electrons. The molecule has 0 bridgehead atoms. The standard InChI is InChI=1S/C10H16BrN3O/c1-7-8(12)6-13-10(9(7)11)14(2)4-5-15-3/h6H,4-5,12H2,1-3H3. The fourth-order valence-electron chi connectivity index (χ4n) is 1.18. The highest BCUT2D eigenvalue weighted by atomic mass is 79.9. The molecule has 0 fully saturated rings. The lowest BCUT2D eigenvalue weighted by atomic mass is 10.2. The summed E-state index contributed by atoms with van der Waals surface area (Å²) in [7, 11) is 3.66. The van der Waals surface area contributed by atoms with Crippen molar-refractivity contribution >= 4 is 27.4 Å². The van der Waals surface area contributed by atoms with Crippen LogP contribution < -0.4 is 10.6 Å². The smallest absolute Gasteiger partial charge is 0.143 e. The molecule has 0 aromatic carbocycles. The molecule has 0 saturated heterocycles. The second kappa shape index (κ2) is 5.32. The van der Waals surface area contributed by atoms with Crippen molar-refractivity contribution in [2.24, 2.45) is 0 Å². The second-order valence-electron chi connectivity index (χ2n) is 3.39. The van der Waals surface area contributed by atoms with Gasteiger partial charge >= 0.3 is 0 Å². The van der Waals surface area contributed by atoms with Crippen LogP contribution in [0.25, 0.3) is 0 Å². The third-order valence-electron chi connectivity index (χ3n) is 2.28. The highest BCUT2D eigenvalue weighted by molar-refractivity contribution is 9.10.